The second kappa shape index (κ2) is 8.92. The van der Waals surface area contributed by atoms with Crippen LogP contribution in [0.1, 0.15) is 22.4 Å². The van der Waals surface area contributed by atoms with Crippen LogP contribution in [0.3, 0.4) is 0 Å². The molecule has 5 nitrogen and oxygen atoms in total. The Hall–Kier alpha value is -4.12. The summed E-state index contributed by atoms with van der Waals surface area (Å²) in [6, 6.07) is 27.8. The second-order valence-electron chi connectivity index (χ2n) is 6.83. The topological polar surface area (TPSA) is 86.5 Å². The van der Waals surface area contributed by atoms with Crippen LogP contribution >= 0.6 is 0 Å². The Bertz CT molecular complexity index is 1210. The van der Waals surface area contributed by atoms with Crippen molar-refractivity contribution in [2.75, 3.05) is 0 Å². The maximum atomic E-state index is 5.89. The van der Waals surface area contributed by atoms with Crippen molar-refractivity contribution in [1.82, 2.24) is 4.98 Å². The molecule has 4 N–H and O–H groups in total. The van der Waals surface area contributed by atoms with Crippen LogP contribution in [0, 0.1) is 0 Å². The van der Waals surface area contributed by atoms with E-state index in [2.05, 4.69) is 22.2 Å². The number of ether oxygens (including phenoxy) is 1. The van der Waals surface area contributed by atoms with Crippen molar-refractivity contribution in [3.05, 3.63) is 107 Å². The number of hydrogen-bond acceptors (Lipinski definition) is 4. The average molecular weight is 394 g/mol. The number of rotatable bonds is 6. The number of para-hydroxylation sites is 1. The lowest BCUT2D eigenvalue weighted by Gasteiger charge is -2.07. The third kappa shape index (κ3) is 4.64. The molecule has 0 aliphatic heterocycles. The SMILES string of the molecule is N/N=C(\N)c1cccc(/C=C/c2ccc(OCc3ccc4ccccc4n3)cc2)c1. The highest BCUT2D eigenvalue weighted by Gasteiger charge is 2.01. The molecular weight excluding hydrogens is 372 g/mol. The zero-order valence-corrected chi connectivity index (χ0v) is 16.4. The molecule has 0 spiro atoms. The van der Waals surface area contributed by atoms with E-state index in [0.29, 0.717) is 12.4 Å². The van der Waals surface area contributed by atoms with E-state index in [0.717, 1.165) is 39.0 Å². The zero-order valence-electron chi connectivity index (χ0n) is 16.4. The number of hydrazone groups is 1. The third-order valence-corrected chi connectivity index (χ3v) is 4.71. The van der Waals surface area contributed by atoms with Gasteiger partial charge in [-0.05, 0) is 41.5 Å². The van der Waals surface area contributed by atoms with Gasteiger partial charge in [-0.25, -0.2) is 4.98 Å². The van der Waals surface area contributed by atoms with E-state index in [-0.39, 0.29) is 0 Å². The molecule has 4 rings (SSSR count). The summed E-state index contributed by atoms with van der Waals surface area (Å²) in [7, 11) is 0. The molecule has 0 aliphatic rings. The minimum absolute atomic E-state index is 0.313. The summed E-state index contributed by atoms with van der Waals surface area (Å²) < 4.78 is 5.89. The van der Waals surface area contributed by atoms with Gasteiger partial charge in [0.1, 0.15) is 18.2 Å². The lowest BCUT2D eigenvalue weighted by atomic mass is 10.1. The van der Waals surface area contributed by atoms with Gasteiger partial charge in [-0.1, -0.05) is 66.7 Å². The highest BCUT2D eigenvalue weighted by atomic mass is 16.5. The summed E-state index contributed by atoms with van der Waals surface area (Å²) in [6.07, 6.45) is 4.05. The molecule has 0 atom stereocenters. The summed E-state index contributed by atoms with van der Waals surface area (Å²) in [4.78, 5) is 4.64. The Morgan fingerprint density at radius 2 is 1.67 bits per heavy atom. The highest BCUT2D eigenvalue weighted by Crippen LogP contribution is 2.17. The number of benzene rings is 3. The Labute approximate surface area is 175 Å². The number of fused-ring (bicyclic) bond motifs is 1. The molecule has 0 saturated heterocycles. The summed E-state index contributed by atoms with van der Waals surface area (Å²) in [5, 5.41) is 4.66. The van der Waals surface area contributed by atoms with Crippen LogP contribution in [0.5, 0.6) is 5.75 Å². The fourth-order valence-corrected chi connectivity index (χ4v) is 3.09. The summed E-state index contributed by atoms with van der Waals surface area (Å²) in [5.41, 5.74) is 10.5. The fourth-order valence-electron chi connectivity index (χ4n) is 3.09. The summed E-state index contributed by atoms with van der Waals surface area (Å²) in [6.45, 7) is 0.428. The normalized spacial score (nSPS) is 11.8. The van der Waals surface area contributed by atoms with E-state index < -0.39 is 0 Å². The van der Waals surface area contributed by atoms with Crippen molar-refractivity contribution in [1.29, 1.82) is 0 Å². The van der Waals surface area contributed by atoms with Crippen LogP contribution in [0.15, 0.2) is 90.0 Å². The van der Waals surface area contributed by atoms with Gasteiger partial charge in [0.25, 0.3) is 0 Å². The highest BCUT2D eigenvalue weighted by molar-refractivity contribution is 5.97. The van der Waals surface area contributed by atoms with Crippen molar-refractivity contribution in [3.63, 3.8) is 0 Å². The molecule has 0 amide bonds. The van der Waals surface area contributed by atoms with Crippen molar-refractivity contribution < 1.29 is 4.74 Å². The number of nitrogens with two attached hydrogens (primary N) is 2. The van der Waals surface area contributed by atoms with E-state index in [1.807, 2.05) is 84.9 Å². The Kier molecular flexibility index (Phi) is 5.71. The average Bonchev–Trinajstić information content (AvgIpc) is 2.81. The minimum Gasteiger partial charge on any atom is -0.487 e. The van der Waals surface area contributed by atoms with Crippen molar-refractivity contribution in [2.24, 2.45) is 16.7 Å². The van der Waals surface area contributed by atoms with Crippen molar-refractivity contribution >= 4 is 28.9 Å². The molecule has 148 valence electrons. The van der Waals surface area contributed by atoms with Crippen LogP contribution < -0.4 is 16.3 Å². The fraction of sp³-hybridized carbons (Fsp3) is 0.0400. The molecule has 4 aromatic rings. The van der Waals surface area contributed by atoms with Gasteiger partial charge in [0.15, 0.2) is 0 Å². The number of amidine groups is 1. The van der Waals surface area contributed by atoms with Crippen LogP contribution in [-0.4, -0.2) is 10.8 Å². The van der Waals surface area contributed by atoms with Crippen molar-refractivity contribution in [3.8, 4) is 5.75 Å². The van der Waals surface area contributed by atoms with Gasteiger partial charge in [0.2, 0.25) is 0 Å². The molecule has 0 radical (unpaired) electrons. The molecule has 3 aromatic carbocycles. The first-order valence-corrected chi connectivity index (χ1v) is 9.61. The van der Waals surface area contributed by atoms with E-state index in [4.69, 9.17) is 16.3 Å². The predicted molar refractivity (Wildman–Crippen MR) is 123 cm³/mol. The molecule has 30 heavy (non-hydrogen) atoms. The van der Waals surface area contributed by atoms with Gasteiger partial charge in [0, 0.05) is 10.9 Å². The van der Waals surface area contributed by atoms with E-state index in [9.17, 15) is 0 Å². The summed E-state index contributed by atoms with van der Waals surface area (Å²) >= 11 is 0. The van der Waals surface area contributed by atoms with Gasteiger partial charge in [0.05, 0.1) is 11.2 Å². The first kappa shape index (κ1) is 19.2. The van der Waals surface area contributed by atoms with Gasteiger partial charge in [-0.2, -0.15) is 5.10 Å². The van der Waals surface area contributed by atoms with Crippen LogP contribution in [0.25, 0.3) is 23.1 Å². The van der Waals surface area contributed by atoms with E-state index >= 15 is 0 Å². The first-order valence-electron chi connectivity index (χ1n) is 9.61. The largest absolute Gasteiger partial charge is 0.487 e. The first-order chi connectivity index (χ1) is 14.7. The Morgan fingerprint density at radius 1 is 0.867 bits per heavy atom. The van der Waals surface area contributed by atoms with Crippen LogP contribution in [0.4, 0.5) is 0 Å². The molecule has 1 heterocycles. The number of nitrogens with zero attached hydrogens (tertiary/aromatic N) is 2. The second-order valence-corrected chi connectivity index (χ2v) is 6.83. The van der Waals surface area contributed by atoms with Gasteiger partial charge >= 0.3 is 0 Å². The van der Waals surface area contributed by atoms with E-state index in [1.165, 1.54) is 0 Å². The predicted octanol–water partition coefficient (Wildman–Crippen LogP) is 4.56. The van der Waals surface area contributed by atoms with Crippen LogP contribution in [0.2, 0.25) is 0 Å². The lowest BCUT2D eigenvalue weighted by Crippen LogP contribution is -2.15. The van der Waals surface area contributed by atoms with Crippen molar-refractivity contribution in [2.45, 2.75) is 6.61 Å². The molecule has 0 fully saturated rings. The standard InChI is InChI=1S/C25H22N4O/c26-25(29-27)21-6-3-4-19(16-21)9-8-18-10-14-23(15-11-18)30-17-22-13-12-20-5-1-2-7-24(20)28-22/h1-16H,17,27H2,(H2,26,29)/b9-8+. The monoisotopic (exact) mass is 394 g/mol. The molecule has 0 bridgehead atoms. The zero-order chi connectivity index (χ0) is 20.8. The molecule has 0 unspecified atom stereocenters. The smallest absolute Gasteiger partial charge is 0.150 e. The number of aromatic nitrogens is 1. The minimum atomic E-state index is 0.313. The Morgan fingerprint density at radius 3 is 2.50 bits per heavy atom. The maximum absolute atomic E-state index is 5.89. The van der Waals surface area contributed by atoms with Gasteiger partial charge < -0.3 is 16.3 Å². The molecule has 0 saturated carbocycles. The lowest BCUT2D eigenvalue weighted by molar-refractivity contribution is 0.302. The molecule has 0 aliphatic carbocycles. The van der Waals surface area contributed by atoms with Gasteiger partial charge in [-0.3, -0.25) is 0 Å². The molecular formula is C25H22N4O. The van der Waals surface area contributed by atoms with Gasteiger partial charge in [-0.15, -0.1) is 0 Å². The molecule has 5 heteroatoms. The summed E-state index contributed by atoms with van der Waals surface area (Å²) in [5.74, 6) is 6.36. The van der Waals surface area contributed by atoms with Crippen LogP contribution in [-0.2, 0) is 6.61 Å². The molecule has 1 aromatic heterocycles. The van der Waals surface area contributed by atoms with E-state index in [1.54, 1.807) is 0 Å². The quantitative estimate of drug-likeness (QED) is 0.165. The third-order valence-electron chi connectivity index (χ3n) is 4.71. The number of pyridine rings is 1. The number of hydrogen-bond donors (Lipinski definition) is 2. The Balaban J connectivity index is 1.39. The maximum Gasteiger partial charge on any atom is 0.150 e.